The Morgan fingerprint density at radius 1 is 1.35 bits per heavy atom. The molecule has 1 fully saturated rings. The molecule has 1 aliphatic rings. The molecule has 5 heteroatoms. The van der Waals surface area contributed by atoms with Gasteiger partial charge in [-0.3, -0.25) is 0 Å². The fourth-order valence-electron chi connectivity index (χ4n) is 2.48. The first-order valence-corrected chi connectivity index (χ1v) is 8.24. The number of rotatable bonds is 7. The maximum absolute atomic E-state index is 12.2. The SMILES string of the molecule is CNCCCCS(=O)(=O)N1CCCC1C(C)C. The highest BCUT2D eigenvalue weighted by molar-refractivity contribution is 7.89. The van der Waals surface area contributed by atoms with Crippen LogP contribution < -0.4 is 5.32 Å². The molecule has 4 nitrogen and oxygen atoms in total. The molecule has 0 saturated carbocycles. The zero-order valence-electron chi connectivity index (χ0n) is 11.3. The fraction of sp³-hybridized carbons (Fsp3) is 1.00. The van der Waals surface area contributed by atoms with Crippen LogP contribution in [-0.2, 0) is 10.0 Å². The van der Waals surface area contributed by atoms with Crippen molar-refractivity contribution in [3.8, 4) is 0 Å². The van der Waals surface area contributed by atoms with Crippen LogP contribution in [0.25, 0.3) is 0 Å². The molecule has 1 heterocycles. The van der Waals surface area contributed by atoms with Crippen LogP contribution in [0.3, 0.4) is 0 Å². The first-order valence-electron chi connectivity index (χ1n) is 6.63. The van der Waals surface area contributed by atoms with Crippen molar-refractivity contribution in [2.24, 2.45) is 5.92 Å². The topological polar surface area (TPSA) is 49.4 Å². The predicted octanol–water partition coefficient (Wildman–Crippen LogP) is 1.44. The van der Waals surface area contributed by atoms with Gasteiger partial charge in [-0.2, -0.15) is 4.31 Å². The number of hydrogen-bond acceptors (Lipinski definition) is 3. The van der Waals surface area contributed by atoms with Gasteiger partial charge in [0.2, 0.25) is 10.0 Å². The minimum atomic E-state index is -3.03. The third-order valence-electron chi connectivity index (χ3n) is 3.45. The summed E-state index contributed by atoms with van der Waals surface area (Å²) >= 11 is 0. The Labute approximate surface area is 106 Å². The monoisotopic (exact) mass is 262 g/mol. The summed E-state index contributed by atoms with van der Waals surface area (Å²) in [5.74, 6) is 0.724. The lowest BCUT2D eigenvalue weighted by atomic mass is 10.0. The zero-order valence-corrected chi connectivity index (χ0v) is 12.1. The van der Waals surface area contributed by atoms with Gasteiger partial charge in [-0.15, -0.1) is 0 Å². The Kier molecular flexibility index (Phi) is 5.89. The van der Waals surface area contributed by atoms with E-state index in [1.54, 1.807) is 4.31 Å². The molecule has 1 unspecified atom stereocenters. The summed E-state index contributed by atoms with van der Waals surface area (Å²) in [4.78, 5) is 0. The van der Waals surface area contributed by atoms with Gasteiger partial charge in [0.15, 0.2) is 0 Å². The smallest absolute Gasteiger partial charge is 0.214 e. The maximum Gasteiger partial charge on any atom is 0.214 e. The molecule has 0 aromatic heterocycles. The molecule has 17 heavy (non-hydrogen) atoms. The third kappa shape index (κ3) is 4.23. The highest BCUT2D eigenvalue weighted by atomic mass is 32.2. The van der Waals surface area contributed by atoms with E-state index < -0.39 is 10.0 Å². The Hall–Kier alpha value is -0.130. The lowest BCUT2D eigenvalue weighted by Gasteiger charge is -2.26. The molecule has 102 valence electrons. The van der Waals surface area contributed by atoms with E-state index in [4.69, 9.17) is 0 Å². The molecule has 0 aromatic carbocycles. The van der Waals surface area contributed by atoms with E-state index in [-0.39, 0.29) is 6.04 Å². The highest BCUT2D eigenvalue weighted by Gasteiger charge is 2.35. The van der Waals surface area contributed by atoms with Crippen LogP contribution in [0.1, 0.15) is 39.5 Å². The molecule has 1 atom stereocenters. The molecular weight excluding hydrogens is 236 g/mol. The van der Waals surface area contributed by atoms with Crippen LogP contribution in [0.4, 0.5) is 0 Å². The van der Waals surface area contributed by atoms with Crippen LogP contribution in [-0.4, -0.2) is 44.7 Å². The summed E-state index contributed by atoms with van der Waals surface area (Å²) in [7, 11) is -1.14. The van der Waals surface area contributed by atoms with Gasteiger partial charge in [-0.25, -0.2) is 8.42 Å². The summed E-state index contributed by atoms with van der Waals surface area (Å²) in [5, 5.41) is 3.04. The van der Waals surface area contributed by atoms with Crippen LogP contribution in [0.5, 0.6) is 0 Å². The van der Waals surface area contributed by atoms with Crippen molar-refractivity contribution in [3.05, 3.63) is 0 Å². The highest BCUT2D eigenvalue weighted by Crippen LogP contribution is 2.27. The van der Waals surface area contributed by atoms with E-state index in [0.29, 0.717) is 11.7 Å². The number of hydrogen-bond donors (Lipinski definition) is 1. The van der Waals surface area contributed by atoms with Crippen molar-refractivity contribution in [2.45, 2.75) is 45.6 Å². The van der Waals surface area contributed by atoms with Gasteiger partial charge in [0.25, 0.3) is 0 Å². The van der Waals surface area contributed by atoms with Gasteiger partial charge >= 0.3 is 0 Å². The molecule has 0 aliphatic carbocycles. The second-order valence-electron chi connectivity index (χ2n) is 5.19. The quantitative estimate of drug-likeness (QED) is 0.706. The van der Waals surface area contributed by atoms with Gasteiger partial charge < -0.3 is 5.32 Å². The predicted molar refractivity (Wildman–Crippen MR) is 71.5 cm³/mol. The average molecular weight is 262 g/mol. The molecule has 0 amide bonds. The lowest BCUT2D eigenvalue weighted by Crippen LogP contribution is -2.39. The minimum absolute atomic E-state index is 0.226. The zero-order chi connectivity index (χ0) is 12.9. The number of sulfonamides is 1. The molecule has 0 aromatic rings. The maximum atomic E-state index is 12.2. The van der Waals surface area contributed by atoms with Gasteiger partial charge in [0.05, 0.1) is 5.75 Å². The van der Waals surface area contributed by atoms with Crippen molar-refractivity contribution in [2.75, 3.05) is 25.9 Å². The summed E-state index contributed by atoms with van der Waals surface area (Å²) in [6.07, 6.45) is 3.71. The molecular formula is C12H26N2O2S. The molecule has 0 spiro atoms. The first kappa shape index (κ1) is 14.9. The Morgan fingerprint density at radius 3 is 2.65 bits per heavy atom. The summed E-state index contributed by atoms with van der Waals surface area (Å²) in [6, 6.07) is 0.226. The van der Waals surface area contributed by atoms with E-state index in [1.807, 2.05) is 7.05 Å². The van der Waals surface area contributed by atoms with Gasteiger partial charge in [-0.1, -0.05) is 13.8 Å². The number of unbranched alkanes of at least 4 members (excludes halogenated alkanes) is 1. The largest absolute Gasteiger partial charge is 0.320 e. The Bertz CT molecular complexity index is 314. The van der Waals surface area contributed by atoms with Gasteiger partial charge in [-0.05, 0) is 45.2 Å². The van der Waals surface area contributed by atoms with Crippen molar-refractivity contribution < 1.29 is 8.42 Å². The lowest BCUT2D eigenvalue weighted by molar-refractivity contribution is 0.315. The van der Waals surface area contributed by atoms with E-state index in [9.17, 15) is 8.42 Å². The van der Waals surface area contributed by atoms with Crippen molar-refractivity contribution in [1.82, 2.24) is 9.62 Å². The second-order valence-corrected chi connectivity index (χ2v) is 7.23. The second kappa shape index (κ2) is 6.71. The van der Waals surface area contributed by atoms with Crippen LogP contribution in [0.15, 0.2) is 0 Å². The van der Waals surface area contributed by atoms with Crippen molar-refractivity contribution >= 4 is 10.0 Å². The summed E-state index contributed by atoms with van der Waals surface area (Å²) < 4.78 is 26.2. The Balaban J connectivity index is 2.51. The van der Waals surface area contributed by atoms with Crippen molar-refractivity contribution in [3.63, 3.8) is 0 Å². The normalized spacial score (nSPS) is 22.5. The van der Waals surface area contributed by atoms with Crippen LogP contribution >= 0.6 is 0 Å². The van der Waals surface area contributed by atoms with Crippen LogP contribution in [0, 0.1) is 5.92 Å². The number of nitrogens with one attached hydrogen (secondary N) is 1. The van der Waals surface area contributed by atoms with E-state index in [2.05, 4.69) is 19.2 Å². The summed E-state index contributed by atoms with van der Waals surface area (Å²) in [5.41, 5.74) is 0. The average Bonchev–Trinajstić information content (AvgIpc) is 2.74. The van der Waals surface area contributed by atoms with E-state index in [0.717, 1.165) is 38.8 Å². The standard InChI is InChI=1S/C12H26N2O2S/c1-11(2)12-7-6-9-14(12)17(15,16)10-5-4-8-13-3/h11-13H,4-10H2,1-3H3. The molecule has 1 saturated heterocycles. The fourth-order valence-corrected chi connectivity index (χ4v) is 4.45. The van der Waals surface area contributed by atoms with Gasteiger partial charge in [0, 0.05) is 12.6 Å². The first-order chi connectivity index (χ1) is 7.99. The molecule has 0 radical (unpaired) electrons. The molecule has 1 rings (SSSR count). The van der Waals surface area contributed by atoms with Gasteiger partial charge in [0.1, 0.15) is 0 Å². The molecule has 0 bridgehead atoms. The molecule has 1 N–H and O–H groups in total. The number of nitrogens with zero attached hydrogens (tertiary/aromatic N) is 1. The van der Waals surface area contributed by atoms with Crippen molar-refractivity contribution in [1.29, 1.82) is 0 Å². The minimum Gasteiger partial charge on any atom is -0.320 e. The van der Waals surface area contributed by atoms with E-state index >= 15 is 0 Å². The Morgan fingerprint density at radius 2 is 2.06 bits per heavy atom. The molecule has 1 aliphatic heterocycles. The van der Waals surface area contributed by atoms with E-state index in [1.165, 1.54) is 0 Å². The summed E-state index contributed by atoms with van der Waals surface area (Å²) in [6.45, 7) is 5.83. The third-order valence-corrected chi connectivity index (χ3v) is 5.43. The van der Waals surface area contributed by atoms with Crippen LogP contribution in [0.2, 0.25) is 0 Å².